The Morgan fingerprint density at radius 3 is 1.89 bits per heavy atom. The van der Waals surface area contributed by atoms with Gasteiger partial charge in [-0.05, 0) is 19.8 Å². The second-order valence-electron chi connectivity index (χ2n) is 3.49. The van der Waals surface area contributed by atoms with Crippen molar-refractivity contribution >= 4 is 11.9 Å². The first kappa shape index (κ1) is 18.8. The van der Waals surface area contributed by atoms with Gasteiger partial charge in [0.15, 0.2) is 0 Å². The topological polar surface area (TPSA) is 74.6 Å². The highest BCUT2D eigenvalue weighted by atomic mass is 19.4. The zero-order valence-electron chi connectivity index (χ0n) is 10.3. The summed E-state index contributed by atoms with van der Waals surface area (Å²) < 4.78 is 31.7. The monoisotopic (exact) mass is 270 g/mol. The molecule has 0 aliphatic rings. The van der Waals surface area contributed by atoms with Crippen LogP contribution >= 0.6 is 0 Å². The lowest BCUT2D eigenvalue weighted by Crippen LogP contribution is -2.21. The molecule has 0 saturated heterocycles. The van der Waals surface area contributed by atoms with Gasteiger partial charge in [0.1, 0.15) is 0 Å². The van der Waals surface area contributed by atoms with Gasteiger partial charge in [-0.25, -0.2) is 9.59 Å². The molecule has 7 heteroatoms. The molecule has 0 aliphatic carbocycles. The first-order valence-electron chi connectivity index (χ1n) is 5.33. The van der Waals surface area contributed by atoms with E-state index in [9.17, 15) is 18.0 Å². The van der Waals surface area contributed by atoms with Gasteiger partial charge in [0.25, 0.3) is 0 Å². The molecule has 0 aromatic carbocycles. The van der Waals surface area contributed by atoms with Gasteiger partial charge < -0.3 is 10.2 Å². The molecule has 0 aliphatic heterocycles. The van der Waals surface area contributed by atoms with Crippen LogP contribution in [0.3, 0.4) is 0 Å². The summed E-state index contributed by atoms with van der Waals surface area (Å²) in [5.41, 5.74) is 0.459. The van der Waals surface area contributed by atoms with Gasteiger partial charge in [0, 0.05) is 5.57 Å². The fourth-order valence-electron chi connectivity index (χ4n) is 0.800. The molecule has 0 fully saturated rings. The first-order valence-corrected chi connectivity index (χ1v) is 5.33. The predicted molar refractivity (Wildman–Crippen MR) is 59.2 cm³/mol. The molecule has 106 valence electrons. The minimum atomic E-state index is -5.08. The molecule has 4 nitrogen and oxygen atoms in total. The summed E-state index contributed by atoms with van der Waals surface area (Å²) in [6.45, 7) is 3.77. The number of unbranched alkanes of at least 4 members (excludes halogenated alkanes) is 3. The number of hydrogen-bond donors (Lipinski definition) is 2. The molecule has 0 spiro atoms. The molecular formula is C11H17F3O4. The Labute approximate surface area is 103 Å². The van der Waals surface area contributed by atoms with E-state index in [1.165, 1.54) is 12.8 Å². The molecular weight excluding hydrogens is 253 g/mol. The normalized spacial score (nSPS) is 11.5. The fourth-order valence-corrected chi connectivity index (χ4v) is 0.800. The van der Waals surface area contributed by atoms with E-state index < -0.39 is 18.1 Å². The number of allylic oxidation sites excluding steroid dienone is 1. The Hall–Kier alpha value is -1.53. The number of carboxylic acid groups (broad SMARTS) is 2. The summed E-state index contributed by atoms with van der Waals surface area (Å²) in [4.78, 5) is 19.2. The summed E-state index contributed by atoms with van der Waals surface area (Å²) in [7, 11) is 0. The minimum absolute atomic E-state index is 0.459. The Balaban J connectivity index is 0. The van der Waals surface area contributed by atoms with Gasteiger partial charge in [0.05, 0.1) is 0 Å². The Morgan fingerprint density at radius 2 is 1.61 bits per heavy atom. The fraction of sp³-hybridized carbons (Fsp3) is 0.636. The van der Waals surface area contributed by atoms with Crippen LogP contribution < -0.4 is 0 Å². The van der Waals surface area contributed by atoms with Crippen LogP contribution in [-0.4, -0.2) is 28.3 Å². The van der Waals surface area contributed by atoms with Gasteiger partial charge in [-0.2, -0.15) is 13.2 Å². The van der Waals surface area contributed by atoms with E-state index >= 15 is 0 Å². The molecule has 0 amide bonds. The molecule has 0 aromatic heterocycles. The highest BCUT2D eigenvalue weighted by molar-refractivity contribution is 5.85. The molecule has 0 atom stereocenters. The molecule has 0 radical (unpaired) electrons. The van der Waals surface area contributed by atoms with Crippen molar-refractivity contribution in [3.8, 4) is 0 Å². The molecule has 0 aromatic rings. The van der Waals surface area contributed by atoms with E-state index in [-0.39, 0.29) is 0 Å². The van der Waals surface area contributed by atoms with Crippen molar-refractivity contribution in [3.05, 3.63) is 11.6 Å². The van der Waals surface area contributed by atoms with Gasteiger partial charge in [-0.1, -0.05) is 25.8 Å². The van der Waals surface area contributed by atoms with Crippen molar-refractivity contribution in [3.63, 3.8) is 0 Å². The predicted octanol–water partition coefficient (Wildman–Crippen LogP) is 3.23. The SMILES string of the molecule is CCCCC/C=C(/C)C(=O)O.O=C(O)C(F)(F)F. The van der Waals surface area contributed by atoms with Gasteiger partial charge in [-0.3, -0.25) is 0 Å². The number of hydrogen-bond acceptors (Lipinski definition) is 2. The maximum absolute atomic E-state index is 10.6. The second-order valence-corrected chi connectivity index (χ2v) is 3.49. The third-order valence-corrected chi connectivity index (χ3v) is 1.84. The molecule has 0 saturated carbocycles. The molecule has 18 heavy (non-hydrogen) atoms. The van der Waals surface area contributed by atoms with Crippen molar-refractivity contribution in [2.75, 3.05) is 0 Å². The third-order valence-electron chi connectivity index (χ3n) is 1.84. The summed E-state index contributed by atoms with van der Waals surface area (Å²) in [6, 6.07) is 0. The lowest BCUT2D eigenvalue weighted by Gasteiger charge is -1.93. The summed E-state index contributed by atoms with van der Waals surface area (Å²) in [6.07, 6.45) is 1.06. The average molecular weight is 270 g/mol. The quantitative estimate of drug-likeness (QED) is 0.594. The smallest absolute Gasteiger partial charge is 0.478 e. The van der Waals surface area contributed by atoms with Crippen LogP contribution in [-0.2, 0) is 9.59 Å². The zero-order chi connectivity index (χ0) is 14.8. The minimum Gasteiger partial charge on any atom is -0.478 e. The summed E-state index contributed by atoms with van der Waals surface area (Å²) in [5.74, 6) is -3.56. The first-order chi connectivity index (χ1) is 8.12. The van der Waals surface area contributed by atoms with Crippen molar-refractivity contribution in [1.29, 1.82) is 0 Å². The van der Waals surface area contributed by atoms with Crippen LogP contribution in [0.4, 0.5) is 13.2 Å². The van der Waals surface area contributed by atoms with E-state index in [2.05, 4.69) is 6.92 Å². The average Bonchev–Trinajstić information content (AvgIpc) is 2.23. The van der Waals surface area contributed by atoms with Crippen LogP contribution in [0, 0.1) is 0 Å². The third kappa shape index (κ3) is 12.5. The second kappa shape index (κ2) is 9.49. The van der Waals surface area contributed by atoms with Crippen molar-refractivity contribution < 1.29 is 33.0 Å². The number of alkyl halides is 3. The van der Waals surface area contributed by atoms with E-state index in [0.29, 0.717) is 5.57 Å². The highest BCUT2D eigenvalue weighted by Gasteiger charge is 2.38. The Kier molecular flexibility index (Phi) is 9.93. The zero-order valence-corrected chi connectivity index (χ0v) is 10.3. The van der Waals surface area contributed by atoms with Gasteiger partial charge in [-0.15, -0.1) is 0 Å². The standard InChI is InChI=1S/C9H16O2.C2HF3O2/c1-3-4-5-6-7-8(2)9(10)11;3-2(4,5)1(6)7/h7H,3-6H2,1-2H3,(H,10,11);(H,6,7)/b8-7-;. The van der Waals surface area contributed by atoms with Crippen LogP contribution in [0.25, 0.3) is 0 Å². The van der Waals surface area contributed by atoms with Crippen LogP contribution in [0.15, 0.2) is 11.6 Å². The molecule has 0 bridgehead atoms. The van der Waals surface area contributed by atoms with Crippen LogP contribution in [0.1, 0.15) is 39.5 Å². The summed E-state index contributed by atoms with van der Waals surface area (Å²) in [5, 5.41) is 15.6. The van der Waals surface area contributed by atoms with Crippen LogP contribution in [0.5, 0.6) is 0 Å². The Bertz CT molecular complexity index is 295. The number of rotatable bonds is 5. The molecule has 0 heterocycles. The largest absolute Gasteiger partial charge is 0.490 e. The molecule has 0 rings (SSSR count). The molecule has 0 unspecified atom stereocenters. The number of carbonyl (C=O) groups is 2. The van der Waals surface area contributed by atoms with Crippen molar-refractivity contribution in [1.82, 2.24) is 0 Å². The lowest BCUT2D eigenvalue weighted by molar-refractivity contribution is -0.192. The van der Waals surface area contributed by atoms with Crippen molar-refractivity contribution in [2.45, 2.75) is 45.7 Å². The number of carboxylic acids is 2. The lowest BCUT2D eigenvalue weighted by atomic mass is 10.1. The maximum atomic E-state index is 10.6. The van der Waals surface area contributed by atoms with Crippen molar-refractivity contribution in [2.24, 2.45) is 0 Å². The van der Waals surface area contributed by atoms with E-state index in [4.69, 9.17) is 15.0 Å². The van der Waals surface area contributed by atoms with Crippen LogP contribution in [0.2, 0.25) is 0 Å². The summed E-state index contributed by atoms with van der Waals surface area (Å²) >= 11 is 0. The Morgan fingerprint density at radius 1 is 1.17 bits per heavy atom. The molecule has 2 N–H and O–H groups in total. The number of halogens is 3. The maximum Gasteiger partial charge on any atom is 0.490 e. The van der Waals surface area contributed by atoms with Gasteiger partial charge in [0.2, 0.25) is 0 Å². The van der Waals surface area contributed by atoms with E-state index in [1.807, 2.05) is 0 Å². The van der Waals surface area contributed by atoms with E-state index in [1.54, 1.807) is 13.0 Å². The number of aliphatic carboxylic acids is 2. The van der Waals surface area contributed by atoms with Gasteiger partial charge >= 0.3 is 18.1 Å². The van der Waals surface area contributed by atoms with E-state index in [0.717, 1.165) is 12.8 Å². The highest BCUT2D eigenvalue weighted by Crippen LogP contribution is 2.13.